The summed E-state index contributed by atoms with van der Waals surface area (Å²) in [5.41, 5.74) is 0.531. The van der Waals surface area contributed by atoms with E-state index in [1.54, 1.807) is 12.1 Å². The van der Waals surface area contributed by atoms with Gasteiger partial charge in [-0.1, -0.05) is 12.8 Å². The molecule has 2 aliphatic rings. The van der Waals surface area contributed by atoms with Crippen LogP contribution in [0.5, 0.6) is 0 Å². The van der Waals surface area contributed by atoms with E-state index >= 15 is 0 Å². The number of aliphatic imine (C=N–C) groups is 1. The Kier molecular flexibility index (Phi) is 5.43. The Morgan fingerprint density at radius 3 is 2.88 bits per heavy atom. The van der Waals surface area contributed by atoms with Gasteiger partial charge in [0.2, 0.25) is 0 Å². The SMILES string of the molecule is CCNC(=NCCNC(=O)c1ccco1)N1CCC2(CCCC2)C1. The highest BCUT2D eigenvalue weighted by Gasteiger charge is 2.41. The summed E-state index contributed by atoms with van der Waals surface area (Å²) in [6.07, 6.45) is 8.26. The predicted molar refractivity (Wildman–Crippen MR) is 94.1 cm³/mol. The predicted octanol–water partition coefficient (Wildman–Crippen LogP) is 2.24. The third kappa shape index (κ3) is 3.91. The molecule has 3 rings (SSSR count). The minimum atomic E-state index is -0.189. The molecule has 2 N–H and O–H groups in total. The van der Waals surface area contributed by atoms with Crippen LogP contribution in [0.4, 0.5) is 0 Å². The maximum Gasteiger partial charge on any atom is 0.287 e. The molecule has 1 aliphatic carbocycles. The molecule has 6 heteroatoms. The number of hydrogen-bond acceptors (Lipinski definition) is 3. The molecule has 0 unspecified atom stereocenters. The first-order chi connectivity index (χ1) is 11.7. The van der Waals surface area contributed by atoms with Gasteiger partial charge in [-0.2, -0.15) is 0 Å². The first-order valence-electron chi connectivity index (χ1n) is 9.07. The van der Waals surface area contributed by atoms with Gasteiger partial charge in [-0.15, -0.1) is 0 Å². The largest absolute Gasteiger partial charge is 0.459 e. The molecule has 1 spiro atoms. The molecule has 0 aromatic carbocycles. The second-order valence-electron chi connectivity index (χ2n) is 6.85. The molecule has 0 radical (unpaired) electrons. The lowest BCUT2D eigenvalue weighted by Gasteiger charge is -2.26. The third-order valence-electron chi connectivity index (χ3n) is 5.14. The molecule has 132 valence electrons. The van der Waals surface area contributed by atoms with E-state index in [-0.39, 0.29) is 5.91 Å². The first-order valence-corrected chi connectivity index (χ1v) is 9.07. The number of carbonyl (C=O) groups is 1. The molecule has 1 aromatic rings. The molecular formula is C18H28N4O2. The van der Waals surface area contributed by atoms with E-state index in [2.05, 4.69) is 27.4 Å². The van der Waals surface area contributed by atoms with E-state index < -0.39 is 0 Å². The average molecular weight is 332 g/mol. The van der Waals surface area contributed by atoms with Gasteiger partial charge in [0.1, 0.15) is 0 Å². The van der Waals surface area contributed by atoms with E-state index in [9.17, 15) is 4.79 Å². The van der Waals surface area contributed by atoms with Crippen molar-refractivity contribution in [3.05, 3.63) is 24.2 Å². The minimum absolute atomic E-state index is 0.189. The summed E-state index contributed by atoms with van der Waals surface area (Å²) in [5, 5.41) is 6.23. The number of rotatable bonds is 5. The number of nitrogens with zero attached hydrogens (tertiary/aromatic N) is 2. The molecule has 0 bridgehead atoms. The van der Waals surface area contributed by atoms with E-state index in [0.29, 0.717) is 24.3 Å². The fourth-order valence-electron chi connectivity index (χ4n) is 3.90. The van der Waals surface area contributed by atoms with Gasteiger partial charge in [0.05, 0.1) is 12.8 Å². The maximum atomic E-state index is 11.8. The summed E-state index contributed by atoms with van der Waals surface area (Å²) in [7, 11) is 0. The summed E-state index contributed by atoms with van der Waals surface area (Å²) in [4.78, 5) is 18.9. The van der Waals surface area contributed by atoms with E-state index in [0.717, 1.165) is 25.6 Å². The second-order valence-corrected chi connectivity index (χ2v) is 6.85. The van der Waals surface area contributed by atoms with Gasteiger partial charge in [-0.3, -0.25) is 9.79 Å². The van der Waals surface area contributed by atoms with Gasteiger partial charge in [0.25, 0.3) is 5.91 Å². The zero-order valence-electron chi connectivity index (χ0n) is 14.5. The van der Waals surface area contributed by atoms with Gasteiger partial charge in [0.15, 0.2) is 11.7 Å². The Hall–Kier alpha value is -1.98. The molecule has 1 saturated carbocycles. The van der Waals surface area contributed by atoms with Crippen molar-refractivity contribution >= 4 is 11.9 Å². The molecule has 1 aromatic heterocycles. The highest BCUT2D eigenvalue weighted by Crippen LogP contribution is 2.45. The monoisotopic (exact) mass is 332 g/mol. The number of furan rings is 1. The molecule has 6 nitrogen and oxygen atoms in total. The van der Waals surface area contributed by atoms with Crippen molar-refractivity contribution in [2.75, 3.05) is 32.7 Å². The van der Waals surface area contributed by atoms with Crippen molar-refractivity contribution in [2.24, 2.45) is 10.4 Å². The lowest BCUT2D eigenvalue weighted by atomic mass is 9.86. The highest BCUT2D eigenvalue weighted by atomic mass is 16.3. The number of amides is 1. The summed E-state index contributed by atoms with van der Waals surface area (Å²) in [6, 6.07) is 3.37. The van der Waals surface area contributed by atoms with Gasteiger partial charge in [-0.05, 0) is 43.7 Å². The zero-order valence-corrected chi connectivity index (χ0v) is 14.5. The fraction of sp³-hybridized carbons (Fsp3) is 0.667. The summed E-state index contributed by atoms with van der Waals surface area (Å²) in [6.45, 7) is 6.24. The standard InChI is InChI=1S/C18H28N4O2/c1-2-19-17(22-12-9-18(14-22)7-3-4-8-18)21-11-10-20-16(23)15-6-5-13-24-15/h5-6,13H,2-4,7-12,14H2,1H3,(H,19,21)(H,20,23). The average Bonchev–Trinajstić information content (AvgIpc) is 3.34. The maximum absolute atomic E-state index is 11.8. The van der Waals surface area contributed by atoms with E-state index in [4.69, 9.17) is 4.42 Å². The number of guanidine groups is 1. The van der Waals surface area contributed by atoms with Crippen molar-refractivity contribution in [2.45, 2.75) is 39.0 Å². The molecule has 1 saturated heterocycles. The summed E-state index contributed by atoms with van der Waals surface area (Å²) in [5.74, 6) is 1.13. The Balaban J connectivity index is 1.49. The van der Waals surface area contributed by atoms with Crippen LogP contribution in [-0.2, 0) is 0 Å². The molecular weight excluding hydrogens is 304 g/mol. The van der Waals surface area contributed by atoms with Crippen molar-refractivity contribution in [1.29, 1.82) is 0 Å². The minimum Gasteiger partial charge on any atom is -0.459 e. The van der Waals surface area contributed by atoms with Crippen LogP contribution in [0.25, 0.3) is 0 Å². The van der Waals surface area contributed by atoms with Gasteiger partial charge >= 0.3 is 0 Å². The number of hydrogen-bond donors (Lipinski definition) is 2. The number of nitrogens with one attached hydrogen (secondary N) is 2. The van der Waals surface area contributed by atoms with E-state index in [1.165, 1.54) is 38.4 Å². The normalized spacial score (nSPS) is 19.9. The Morgan fingerprint density at radius 1 is 1.33 bits per heavy atom. The zero-order chi connectivity index (χ0) is 16.8. The van der Waals surface area contributed by atoms with Crippen LogP contribution in [0.2, 0.25) is 0 Å². The van der Waals surface area contributed by atoms with Crippen LogP contribution in [-0.4, -0.2) is 49.5 Å². The van der Waals surface area contributed by atoms with Crippen LogP contribution in [0.1, 0.15) is 49.6 Å². The van der Waals surface area contributed by atoms with Crippen LogP contribution < -0.4 is 10.6 Å². The van der Waals surface area contributed by atoms with Crippen LogP contribution >= 0.6 is 0 Å². The summed E-state index contributed by atoms with van der Waals surface area (Å²) >= 11 is 0. The van der Waals surface area contributed by atoms with Crippen LogP contribution in [0, 0.1) is 5.41 Å². The van der Waals surface area contributed by atoms with Crippen molar-refractivity contribution < 1.29 is 9.21 Å². The lowest BCUT2D eigenvalue weighted by molar-refractivity contribution is 0.0927. The number of carbonyl (C=O) groups excluding carboxylic acids is 1. The molecule has 2 heterocycles. The molecule has 1 aliphatic heterocycles. The van der Waals surface area contributed by atoms with Gasteiger partial charge in [-0.25, -0.2) is 0 Å². The fourth-order valence-corrected chi connectivity index (χ4v) is 3.90. The molecule has 2 fully saturated rings. The molecule has 1 amide bonds. The smallest absolute Gasteiger partial charge is 0.287 e. The second kappa shape index (κ2) is 7.73. The summed E-state index contributed by atoms with van der Waals surface area (Å²) < 4.78 is 5.08. The Morgan fingerprint density at radius 2 is 2.17 bits per heavy atom. The Labute approximate surface area is 143 Å². The highest BCUT2D eigenvalue weighted by molar-refractivity contribution is 5.91. The first kappa shape index (κ1) is 16.9. The Bertz CT molecular complexity index is 562. The van der Waals surface area contributed by atoms with Gasteiger partial charge in [0, 0.05) is 26.2 Å². The quantitative estimate of drug-likeness (QED) is 0.493. The van der Waals surface area contributed by atoms with Gasteiger partial charge < -0.3 is 20.0 Å². The van der Waals surface area contributed by atoms with Crippen LogP contribution in [0.3, 0.4) is 0 Å². The topological polar surface area (TPSA) is 69.9 Å². The van der Waals surface area contributed by atoms with E-state index in [1.807, 2.05) is 0 Å². The third-order valence-corrected chi connectivity index (χ3v) is 5.14. The molecule has 0 atom stereocenters. The van der Waals surface area contributed by atoms with Crippen molar-refractivity contribution in [3.8, 4) is 0 Å². The van der Waals surface area contributed by atoms with Crippen molar-refractivity contribution in [1.82, 2.24) is 15.5 Å². The van der Waals surface area contributed by atoms with Crippen molar-refractivity contribution in [3.63, 3.8) is 0 Å². The van der Waals surface area contributed by atoms with Crippen LogP contribution in [0.15, 0.2) is 27.8 Å². The number of likely N-dealkylation sites (tertiary alicyclic amines) is 1. The molecule has 24 heavy (non-hydrogen) atoms. The lowest BCUT2D eigenvalue weighted by Crippen LogP contribution is -2.41.